The Balaban J connectivity index is 5.01. The second-order valence-electron chi connectivity index (χ2n) is 5.07. The largest absolute Gasteiger partial charge is 0.481 e. The normalized spacial score (nSPS) is 14.7. The third-order valence-corrected chi connectivity index (χ3v) is 3.15. The van der Waals surface area contributed by atoms with E-state index in [1.807, 2.05) is 6.92 Å². The van der Waals surface area contributed by atoms with Crippen LogP contribution in [0.2, 0.25) is 0 Å². The summed E-state index contributed by atoms with van der Waals surface area (Å²) in [7, 11) is 0. The number of aliphatic carboxylic acids is 2. The number of ether oxygens (including phenoxy) is 1. The number of ketones is 1. The minimum atomic E-state index is -3.03. The van der Waals surface area contributed by atoms with Crippen LogP contribution in [0.4, 0.5) is 0 Å². The minimum absolute atomic E-state index is 0.0224. The molecule has 0 aromatic carbocycles. The molecule has 0 amide bonds. The molecule has 0 aliphatic heterocycles. The van der Waals surface area contributed by atoms with Crippen molar-refractivity contribution < 1.29 is 39.2 Å². The van der Waals surface area contributed by atoms with Crippen LogP contribution in [0, 0.1) is 5.92 Å². The smallest absolute Gasteiger partial charge is 0.337 e. The zero-order valence-electron chi connectivity index (χ0n) is 12.7. The van der Waals surface area contributed by atoms with Gasteiger partial charge in [-0.3, -0.25) is 14.4 Å². The molecule has 2 atom stereocenters. The molecule has 22 heavy (non-hydrogen) atoms. The molecule has 0 aliphatic rings. The van der Waals surface area contributed by atoms with Crippen molar-refractivity contribution in [3.05, 3.63) is 0 Å². The molecule has 126 valence electrons. The molecule has 0 spiro atoms. The zero-order chi connectivity index (χ0) is 17.3. The fourth-order valence-electron chi connectivity index (χ4n) is 2.01. The molecule has 0 saturated heterocycles. The molecule has 0 aliphatic carbocycles. The lowest BCUT2D eigenvalue weighted by atomic mass is 9.82. The van der Waals surface area contributed by atoms with Crippen LogP contribution in [0.15, 0.2) is 0 Å². The predicted molar refractivity (Wildman–Crippen MR) is 74.1 cm³/mol. The topological polar surface area (TPSA) is 138 Å². The Morgan fingerprint density at radius 1 is 1.09 bits per heavy atom. The van der Waals surface area contributed by atoms with Crippen molar-refractivity contribution in [2.75, 3.05) is 6.61 Å². The van der Waals surface area contributed by atoms with Gasteiger partial charge in [-0.05, 0) is 13.3 Å². The second kappa shape index (κ2) is 9.14. The van der Waals surface area contributed by atoms with Crippen LogP contribution in [0.25, 0.3) is 0 Å². The highest BCUT2D eigenvalue weighted by Gasteiger charge is 2.53. The molecule has 0 bridgehead atoms. The van der Waals surface area contributed by atoms with Crippen LogP contribution < -0.4 is 0 Å². The summed E-state index contributed by atoms with van der Waals surface area (Å²) in [5.74, 6) is -7.88. The number of carbonyl (C=O) groups excluding carboxylic acids is 2. The van der Waals surface area contributed by atoms with Crippen molar-refractivity contribution in [2.45, 2.75) is 51.6 Å². The van der Waals surface area contributed by atoms with Crippen molar-refractivity contribution in [3.63, 3.8) is 0 Å². The van der Waals surface area contributed by atoms with E-state index in [-0.39, 0.29) is 6.61 Å². The standard InChI is InChI=1S/C14H22O8/c1-3-4-5-6-7-22-12(18)11(9(2)15)14(21,13(19)20)8-10(16)17/h11,21H,3-8H2,1-2H3,(H,16,17)(H,19,20). The fraction of sp³-hybridized carbons (Fsp3) is 0.714. The lowest BCUT2D eigenvalue weighted by Crippen LogP contribution is -2.54. The maximum Gasteiger partial charge on any atom is 0.337 e. The van der Waals surface area contributed by atoms with Gasteiger partial charge in [0.2, 0.25) is 0 Å². The van der Waals surface area contributed by atoms with Crippen molar-refractivity contribution in [3.8, 4) is 0 Å². The highest BCUT2D eigenvalue weighted by atomic mass is 16.5. The molecule has 8 heteroatoms. The fourth-order valence-corrected chi connectivity index (χ4v) is 2.01. The van der Waals surface area contributed by atoms with Crippen molar-refractivity contribution in [1.82, 2.24) is 0 Å². The average molecular weight is 318 g/mol. The second-order valence-corrected chi connectivity index (χ2v) is 5.07. The lowest BCUT2D eigenvalue weighted by Gasteiger charge is -2.27. The number of hydrogen-bond acceptors (Lipinski definition) is 6. The molecule has 0 radical (unpaired) electrons. The Kier molecular flexibility index (Phi) is 8.32. The maximum atomic E-state index is 11.9. The van der Waals surface area contributed by atoms with Gasteiger partial charge in [0.05, 0.1) is 13.0 Å². The summed E-state index contributed by atoms with van der Waals surface area (Å²) >= 11 is 0. The number of aliphatic hydroxyl groups is 1. The summed E-state index contributed by atoms with van der Waals surface area (Å²) in [4.78, 5) is 45.3. The third kappa shape index (κ3) is 5.80. The number of carboxylic acid groups (broad SMARTS) is 2. The monoisotopic (exact) mass is 318 g/mol. The molecule has 3 N–H and O–H groups in total. The number of Topliss-reactive ketones (excluding diaryl/α,β-unsaturated/α-hetero) is 1. The summed E-state index contributed by atoms with van der Waals surface area (Å²) in [5.41, 5.74) is -3.03. The van der Waals surface area contributed by atoms with E-state index < -0.39 is 41.6 Å². The Hall–Kier alpha value is -1.96. The van der Waals surface area contributed by atoms with Crippen LogP contribution >= 0.6 is 0 Å². The molecule has 0 saturated carbocycles. The Morgan fingerprint density at radius 3 is 2.09 bits per heavy atom. The molecule has 2 unspecified atom stereocenters. The summed E-state index contributed by atoms with van der Waals surface area (Å²) in [6.07, 6.45) is 1.96. The quantitative estimate of drug-likeness (QED) is 0.286. The van der Waals surface area contributed by atoms with Crippen LogP contribution in [-0.2, 0) is 23.9 Å². The first-order valence-corrected chi connectivity index (χ1v) is 7.01. The van der Waals surface area contributed by atoms with E-state index in [9.17, 15) is 24.3 Å². The molecular weight excluding hydrogens is 296 g/mol. The zero-order valence-corrected chi connectivity index (χ0v) is 12.7. The van der Waals surface area contributed by atoms with Crippen LogP contribution in [0.1, 0.15) is 46.0 Å². The minimum Gasteiger partial charge on any atom is -0.481 e. The van der Waals surface area contributed by atoms with E-state index in [1.165, 1.54) is 0 Å². The van der Waals surface area contributed by atoms with Crippen molar-refractivity contribution in [1.29, 1.82) is 0 Å². The molecule has 0 aromatic heterocycles. The molecule has 0 heterocycles. The summed E-state index contributed by atoms with van der Waals surface area (Å²) in [6, 6.07) is 0. The van der Waals surface area contributed by atoms with E-state index in [4.69, 9.17) is 14.9 Å². The first-order valence-electron chi connectivity index (χ1n) is 7.01. The average Bonchev–Trinajstić information content (AvgIpc) is 2.36. The van der Waals surface area contributed by atoms with E-state index >= 15 is 0 Å². The molecule has 0 aromatic rings. The van der Waals surface area contributed by atoms with E-state index in [2.05, 4.69) is 0 Å². The van der Waals surface area contributed by atoms with Gasteiger partial charge >= 0.3 is 17.9 Å². The van der Waals surface area contributed by atoms with Crippen LogP contribution in [-0.4, -0.2) is 51.2 Å². The molecule has 0 rings (SSSR count). The number of hydrogen-bond donors (Lipinski definition) is 3. The maximum absolute atomic E-state index is 11.9. The van der Waals surface area contributed by atoms with Gasteiger partial charge in [-0.15, -0.1) is 0 Å². The number of carboxylic acids is 2. The van der Waals surface area contributed by atoms with Gasteiger partial charge in [0.15, 0.2) is 11.5 Å². The number of unbranched alkanes of at least 4 members (excludes halogenated alkanes) is 3. The van der Waals surface area contributed by atoms with Gasteiger partial charge in [-0.2, -0.15) is 0 Å². The highest BCUT2D eigenvalue weighted by molar-refractivity contribution is 6.05. The van der Waals surface area contributed by atoms with Gasteiger partial charge in [0.1, 0.15) is 5.78 Å². The van der Waals surface area contributed by atoms with Gasteiger partial charge in [-0.1, -0.05) is 26.2 Å². The summed E-state index contributed by atoms with van der Waals surface area (Å²) in [5, 5.41) is 27.7. The van der Waals surface area contributed by atoms with Crippen molar-refractivity contribution in [2.24, 2.45) is 5.92 Å². The van der Waals surface area contributed by atoms with E-state index in [1.54, 1.807) is 0 Å². The van der Waals surface area contributed by atoms with Gasteiger partial charge in [0.25, 0.3) is 0 Å². The van der Waals surface area contributed by atoms with Gasteiger partial charge in [-0.25, -0.2) is 4.79 Å². The summed E-state index contributed by atoms with van der Waals surface area (Å²) < 4.78 is 4.81. The molecule has 8 nitrogen and oxygen atoms in total. The van der Waals surface area contributed by atoms with E-state index in [0.29, 0.717) is 6.42 Å². The summed E-state index contributed by atoms with van der Waals surface area (Å²) in [6.45, 7) is 2.88. The van der Waals surface area contributed by atoms with Crippen LogP contribution in [0.3, 0.4) is 0 Å². The SMILES string of the molecule is CCCCCCOC(=O)C(C(C)=O)C(O)(CC(=O)O)C(=O)O. The Bertz CT molecular complexity index is 431. The Labute approximate surface area is 128 Å². The highest BCUT2D eigenvalue weighted by Crippen LogP contribution is 2.25. The first-order chi connectivity index (χ1) is 10.2. The number of esters is 1. The van der Waals surface area contributed by atoms with E-state index in [0.717, 1.165) is 26.2 Å². The number of carbonyl (C=O) groups is 4. The van der Waals surface area contributed by atoms with Crippen molar-refractivity contribution >= 4 is 23.7 Å². The van der Waals surface area contributed by atoms with Gasteiger partial charge < -0.3 is 20.1 Å². The lowest BCUT2D eigenvalue weighted by molar-refractivity contribution is -0.182. The molecular formula is C14H22O8. The first kappa shape index (κ1) is 20.0. The number of rotatable bonds is 11. The van der Waals surface area contributed by atoms with Crippen LogP contribution in [0.5, 0.6) is 0 Å². The molecule has 0 fully saturated rings. The third-order valence-electron chi connectivity index (χ3n) is 3.15. The van der Waals surface area contributed by atoms with Gasteiger partial charge in [0, 0.05) is 0 Å². The Morgan fingerprint density at radius 2 is 1.68 bits per heavy atom. The predicted octanol–water partition coefficient (Wildman–Crippen LogP) is 0.605.